The van der Waals surface area contributed by atoms with Crippen molar-refractivity contribution in [3.05, 3.63) is 27.5 Å². The van der Waals surface area contributed by atoms with Crippen molar-refractivity contribution in [1.29, 1.82) is 0 Å². The van der Waals surface area contributed by atoms with Gasteiger partial charge in [-0.1, -0.05) is 11.6 Å². The Morgan fingerprint density at radius 1 is 1.52 bits per heavy atom. The molecule has 1 unspecified atom stereocenters. The summed E-state index contributed by atoms with van der Waals surface area (Å²) in [7, 11) is 0. The number of rotatable bonds is 5. The minimum Gasteiger partial charge on any atom is -0.351 e. The van der Waals surface area contributed by atoms with E-state index < -0.39 is 0 Å². The van der Waals surface area contributed by atoms with E-state index in [1.54, 1.807) is 5.38 Å². The maximum Gasteiger partial charge on any atom is 0.270 e. The Balaban J connectivity index is 1.54. The van der Waals surface area contributed by atoms with Crippen LogP contribution < -0.4 is 10.6 Å². The van der Waals surface area contributed by atoms with Crippen molar-refractivity contribution in [3.63, 3.8) is 0 Å². The molecular formula is C14H16ClN3OS2. The van der Waals surface area contributed by atoms with E-state index in [1.165, 1.54) is 29.1 Å². The van der Waals surface area contributed by atoms with Gasteiger partial charge in [0.2, 0.25) is 0 Å². The molecule has 2 N–H and O–H groups in total. The van der Waals surface area contributed by atoms with Crippen LogP contribution in [0.4, 0.5) is 0 Å². The second kappa shape index (κ2) is 6.87. The molecule has 1 amide bonds. The van der Waals surface area contributed by atoms with Crippen LogP contribution in [-0.2, 0) is 0 Å². The summed E-state index contributed by atoms with van der Waals surface area (Å²) in [5.74, 6) is 0.593. The van der Waals surface area contributed by atoms with E-state index in [2.05, 4.69) is 15.6 Å². The van der Waals surface area contributed by atoms with Gasteiger partial charge < -0.3 is 10.6 Å². The van der Waals surface area contributed by atoms with Crippen LogP contribution in [0.1, 0.15) is 23.3 Å². The van der Waals surface area contributed by atoms with Crippen molar-refractivity contribution in [3.8, 4) is 9.88 Å². The number of amides is 1. The normalized spacial score (nSPS) is 18.0. The third-order valence-corrected chi connectivity index (χ3v) is 5.76. The molecule has 1 saturated heterocycles. The molecule has 2 aromatic heterocycles. The van der Waals surface area contributed by atoms with Crippen LogP contribution in [0.2, 0.25) is 4.34 Å². The van der Waals surface area contributed by atoms with E-state index in [4.69, 9.17) is 11.6 Å². The zero-order valence-corrected chi connectivity index (χ0v) is 13.8. The Labute approximate surface area is 136 Å². The highest BCUT2D eigenvalue weighted by Gasteiger charge is 2.16. The molecule has 0 saturated carbocycles. The van der Waals surface area contributed by atoms with Gasteiger partial charge in [0.15, 0.2) is 0 Å². The van der Waals surface area contributed by atoms with Crippen LogP contribution in [0, 0.1) is 5.92 Å². The first-order valence-corrected chi connectivity index (χ1v) is 9.00. The minimum absolute atomic E-state index is 0.0916. The molecule has 0 aliphatic carbocycles. The number of carbonyl (C=O) groups is 1. The summed E-state index contributed by atoms with van der Waals surface area (Å²) >= 11 is 8.87. The first kappa shape index (κ1) is 15.0. The maximum atomic E-state index is 12.1. The van der Waals surface area contributed by atoms with Gasteiger partial charge in [0.05, 0.1) is 9.21 Å². The summed E-state index contributed by atoms with van der Waals surface area (Å²) in [6.07, 6.45) is 2.23. The zero-order valence-electron chi connectivity index (χ0n) is 11.4. The van der Waals surface area contributed by atoms with Gasteiger partial charge in [-0.15, -0.1) is 22.7 Å². The van der Waals surface area contributed by atoms with Crippen molar-refractivity contribution in [1.82, 2.24) is 15.6 Å². The van der Waals surface area contributed by atoms with E-state index in [9.17, 15) is 4.79 Å². The van der Waals surface area contributed by atoms with E-state index in [0.29, 0.717) is 18.2 Å². The largest absolute Gasteiger partial charge is 0.351 e. The molecule has 1 aliphatic rings. The molecule has 21 heavy (non-hydrogen) atoms. The number of hydrogen-bond acceptors (Lipinski definition) is 5. The van der Waals surface area contributed by atoms with Crippen LogP contribution >= 0.6 is 34.3 Å². The third-order valence-electron chi connectivity index (χ3n) is 3.52. The van der Waals surface area contributed by atoms with E-state index >= 15 is 0 Å². The van der Waals surface area contributed by atoms with Gasteiger partial charge in [-0.25, -0.2) is 4.98 Å². The summed E-state index contributed by atoms with van der Waals surface area (Å²) in [5.41, 5.74) is 0.490. The third kappa shape index (κ3) is 3.83. The summed E-state index contributed by atoms with van der Waals surface area (Å²) in [4.78, 5) is 17.5. The molecule has 4 nitrogen and oxygen atoms in total. The predicted octanol–water partition coefficient (Wildman–Crippen LogP) is 3.25. The lowest BCUT2D eigenvalue weighted by Gasteiger charge is -2.08. The summed E-state index contributed by atoms with van der Waals surface area (Å²) in [5, 5.41) is 8.93. The molecule has 112 valence electrons. The summed E-state index contributed by atoms with van der Waals surface area (Å²) in [6.45, 7) is 2.87. The number of aromatic nitrogens is 1. The van der Waals surface area contributed by atoms with Gasteiger partial charge in [0.25, 0.3) is 5.91 Å². The van der Waals surface area contributed by atoms with E-state index in [0.717, 1.165) is 33.7 Å². The first-order chi connectivity index (χ1) is 10.2. The molecule has 1 atom stereocenters. The Hall–Kier alpha value is -0.950. The molecule has 3 heterocycles. The van der Waals surface area contributed by atoms with Gasteiger partial charge in [-0.2, -0.15) is 0 Å². The molecular weight excluding hydrogens is 326 g/mol. The Morgan fingerprint density at radius 2 is 2.43 bits per heavy atom. The van der Waals surface area contributed by atoms with Gasteiger partial charge in [0, 0.05) is 11.9 Å². The fourth-order valence-electron chi connectivity index (χ4n) is 2.36. The second-order valence-corrected chi connectivity index (χ2v) is 7.62. The fourth-order valence-corrected chi connectivity index (χ4v) is 4.28. The van der Waals surface area contributed by atoms with Gasteiger partial charge >= 0.3 is 0 Å². The highest BCUT2D eigenvalue weighted by atomic mass is 35.5. The second-order valence-electron chi connectivity index (χ2n) is 5.05. The zero-order chi connectivity index (χ0) is 14.7. The molecule has 0 spiro atoms. The quantitative estimate of drug-likeness (QED) is 0.877. The van der Waals surface area contributed by atoms with Crippen LogP contribution in [0.25, 0.3) is 9.88 Å². The molecule has 7 heteroatoms. The molecule has 1 aliphatic heterocycles. The monoisotopic (exact) mass is 341 g/mol. The van der Waals surface area contributed by atoms with E-state index in [-0.39, 0.29) is 5.91 Å². The smallest absolute Gasteiger partial charge is 0.270 e. The highest BCUT2D eigenvalue weighted by molar-refractivity contribution is 7.23. The topological polar surface area (TPSA) is 54.0 Å². The average Bonchev–Trinajstić information content (AvgIpc) is 3.19. The van der Waals surface area contributed by atoms with Crippen molar-refractivity contribution in [2.45, 2.75) is 12.8 Å². The number of thiophene rings is 1. The lowest BCUT2D eigenvalue weighted by Crippen LogP contribution is -2.26. The molecule has 1 fully saturated rings. The molecule has 0 bridgehead atoms. The van der Waals surface area contributed by atoms with Gasteiger partial charge in [-0.3, -0.25) is 4.79 Å². The van der Waals surface area contributed by atoms with Crippen molar-refractivity contribution in [2.24, 2.45) is 5.92 Å². The Bertz CT molecular complexity index is 619. The van der Waals surface area contributed by atoms with Crippen LogP contribution in [-0.4, -0.2) is 30.5 Å². The molecule has 0 aromatic carbocycles. The van der Waals surface area contributed by atoms with Crippen LogP contribution in [0.3, 0.4) is 0 Å². The molecule has 0 radical (unpaired) electrons. The molecule has 3 rings (SSSR count). The standard InChI is InChI=1S/C14H16ClN3OS2/c15-12-2-1-11(21-12)14-18-10(8-20-14)13(19)17-6-4-9-3-5-16-7-9/h1-2,8-9,16H,3-7H2,(H,17,19). The number of nitrogens with one attached hydrogen (secondary N) is 2. The van der Waals surface area contributed by atoms with Gasteiger partial charge in [-0.05, 0) is 44.0 Å². The number of hydrogen-bond donors (Lipinski definition) is 2. The maximum absolute atomic E-state index is 12.1. The van der Waals surface area contributed by atoms with Crippen molar-refractivity contribution < 1.29 is 4.79 Å². The molecule has 2 aromatic rings. The average molecular weight is 342 g/mol. The van der Waals surface area contributed by atoms with Crippen molar-refractivity contribution >= 4 is 40.2 Å². The number of thiazole rings is 1. The van der Waals surface area contributed by atoms with Gasteiger partial charge in [0.1, 0.15) is 10.7 Å². The van der Waals surface area contributed by atoms with Crippen molar-refractivity contribution in [2.75, 3.05) is 19.6 Å². The Morgan fingerprint density at radius 3 is 3.14 bits per heavy atom. The summed E-state index contributed by atoms with van der Waals surface area (Å²) in [6, 6.07) is 3.78. The lowest BCUT2D eigenvalue weighted by molar-refractivity contribution is 0.0947. The summed E-state index contributed by atoms with van der Waals surface area (Å²) < 4.78 is 0.733. The Kier molecular flexibility index (Phi) is 4.90. The SMILES string of the molecule is O=C(NCCC1CCNC1)c1csc(-c2ccc(Cl)s2)n1. The number of carbonyl (C=O) groups excluding carboxylic acids is 1. The predicted molar refractivity (Wildman–Crippen MR) is 88.4 cm³/mol. The minimum atomic E-state index is -0.0916. The first-order valence-electron chi connectivity index (χ1n) is 6.92. The van der Waals surface area contributed by atoms with Crippen LogP contribution in [0.5, 0.6) is 0 Å². The number of halogens is 1. The fraction of sp³-hybridized carbons (Fsp3) is 0.429. The van der Waals surface area contributed by atoms with E-state index in [1.807, 2.05) is 12.1 Å². The lowest BCUT2D eigenvalue weighted by atomic mass is 10.1. The van der Waals surface area contributed by atoms with Crippen LogP contribution in [0.15, 0.2) is 17.5 Å². The number of nitrogens with zero attached hydrogens (tertiary/aromatic N) is 1. The highest BCUT2D eigenvalue weighted by Crippen LogP contribution is 2.32.